The molecule has 1 amide bonds. The van der Waals surface area contributed by atoms with Crippen molar-refractivity contribution in [2.24, 2.45) is 0 Å². The van der Waals surface area contributed by atoms with Crippen LogP contribution in [-0.2, 0) is 18.4 Å². The number of carbonyl (C=O) groups excluding carboxylic acids is 1. The highest BCUT2D eigenvalue weighted by molar-refractivity contribution is 7.47. The number of nitrogens with one attached hydrogen (secondary N) is 1. The van der Waals surface area contributed by atoms with Crippen molar-refractivity contribution in [3.05, 3.63) is 12.2 Å². The van der Waals surface area contributed by atoms with Crippen LogP contribution in [0.1, 0.15) is 187 Å². The number of aliphatic hydroxyl groups excluding tert-OH is 1. The molecule has 0 heterocycles. The average Bonchev–Trinajstić information content (AvgIpc) is 3.04. The Labute approximate surface area is 303 Å². The van der Waals surface area contributed by atoms with E-state index in [1.165, 1.54) is 128 Å². The van der Waals surface area contributed by atoms with E-state index in [0.29, 0.717) is 17.4 Å². The summed E-state index contributed by atoms with van der Waals surface area (Å²) in [6.45, 7) is 4.79. The molecule has 0 fully saturated rings. The van der Waals surface area contributed by atoms with Gasteiger partial charge in [-0.15, -0.1) is 0 Å². The Morgan fingerprint density at radius 3 is 1.51 bits per heavy atom. The third-order valence-corrected chi connectivity index (χ3v) is 10.2. The lowest BCUT2D eigenvalue weighted by Gasteiger charge is -2.25. The number of allylic oxidation sites excluding steroid dienone is 1. The lowest BCUT2D eigenvalue weighted by Crippen LogP contribution is -2.45. The van der Waals surface area contributed by atoms with Crippen LogP contribution in [0.2, 0.25) is 0 Å². The highest BCUT2D eigenvalue weighted by Gasteiger charge is 2.27. The van der Waals surface area contributed by atoms with Gasteiger partial charge in [0, 0.05) is 6.42 Å². The van der Waals surface area contributed by atoms with E-state index in [0.717, 1.165) is 38.5 Å². The Hall–Kier alpha value is -0.760. The molecule has 0 aromatic carbocycles. The molecule has 0 saturated heterocycles. The molecule has 49 heavy (non-hydrogen) atoms. The molecule has 3 unspecified atom stereocenters. The zero-order chi connectivity index (χ0) is 36.5. The zero-order valence-corrected chi connectivity index (χ0v) is 33.8. The summed E-state index contributed by atoms with van der Waals surface area (Å²) in [5, 5.41) is 13.7. The number of likely N-dealkylation sites (N-methyl/N-ethyl adjacent to an activating group) is 1. The Morgan fingerprint density at radius 1 is 0.673 bits per heavy atom. The van der Waals surface area contributed by atoms with Gasteiger partial charge >= 0.3 is 7.82 Å². The molecule has 0 aliphatic carbocycles. The van der Waals surface area contributed by atoms with Crippen molar-refractivity contribution in [2.45, 2.75) is 199 Å². The molecule has 0 bridgehead atoms. The Balaban J connectivity index is 4.33. The fourth-order valence-corrected chi connectivity index (χ4v) is 6.66. The number of quaternary nitrogens is 1. The van der Waals surface area contributed by atoms with Gasteiger partial charge in [-0.3, -0.25) is 13.8 Å². The molecule has 0 aromatic heterocycles. The van der Waals surface area contributed by atoms with Crippen LogP contribution in [-0.4, -0.2) is 73.4 Å². The summed E-state index contributed by atoms with van der Waals surface area (Å²) in [7, 11) is 1.58. The van der Waals surface area contributed by atoms with E-state index in [1.807, 2.05) is 27.2 Å². The summed E-state index contributed by atoms with van der Waals surface area (Å²) in [6.07, 6.45) is 35.7. The smallest absolute Gasteiger partial charge is 0.387 e. The van der Waals surface area contributed by atoms with Gasteiger partial charge in [-0.1, -0.05) is 174 Å². The molecule has 0 rings (SSSR count). The second-order valence-corrected chi connectivity index (χ2v) is 16.8. The van der Waals surface area contributed by atoms with Crippen LogP contribution in [0.4, 0.5) is 0 Å². The number of rotatable bonds is 37. The van der Waals surface area contributed by atoms with Gasteiger partial charge in [-0.05, 0) is 19.3 Å². The van der Waals surface area contributed by atoms with Crippen molar-refractivity contribution in [1.29, 1.82) is 0 Å². The standard InChI is InChI=1S/C40H81N2O6P/c1-6-8-10-12-14-16-17-18-19-20-21-22-23-24-26-28-30-32-34-40(44)41-38(37-48-49(45,46)47-36-35-42(3,4)5)39(43)33-31-29-27-25-15-13-11-9-7-2/h31,33,38-39,43H,6-30,32,34-37H2,1-5H3,(H-,41,44,45,46)/p+1/b33-31+. The van der Waals surface area contributed by atoms with E-state index < -0.39 is 20.0 Å². The van der Waals surface area contributed by atoms with Crippen LogP contribution >= 0.6 is 7.82 Å². The van der Waals surface area contributed by atoms with E-state index in [9.17, 15) is 19.4 Å². The molecule has 292 valence electrons. The molecule has 3 atom stereocenters. The monoisotopic (exact) mass is 718 g/mol. The number of hydrogen-bond acceptors (Lipinski definition) is 5. The Kier molecular flexibility index (Phi) is 32.6. The average molecular weight is 718 g/mol. The van der Waals surface area contributed by atoms with Crippen molar-refractivity contribution in [2.75, 3.05) is 40.9 Å². The van der Waals surface area contributed by atoms with Crippen molar-refractivity contribution >= 4 is 13.7 Å². The van der Waals surface area contributed by atoms with Crippen LogP contribution in [0.3, 0.4) is 0 Å². The largest absolute Gasteiger partial charge is 0.472 e. The molecule has 9 heteroatoms. The van der Waals surface area contributed by atoms with Crippen molar-refractivity contribution < 1.29 is 32.9 Å². The third-order valence-electron chi connectivity index (χ3n) is 9.26. The fraction of sp³-hybridized carbons (Fsp3) is 0.925. The lowest BCUT2D eigenvalue weighted by molar-refractivity contribution is -0.870. The molecule has 0 radical (unpaired) electrons. The number of nitrogens with zero attached hydrogens (tertiary/aromatic N) is 1. The summed E-state index contributed by atoms with van der Waals surface area (Å²) >= 11 is 0. The SMILES string of the molecule is CCCCCCCCC/C=C/C(O)C(COP(=O)(O)OCC[N+](C)(C)C)NC(=O)CCCCCCCCCCCCCCCCCCCC. The van der Waals surface area contributed by atoms with Crippen LogP contribution in [0.15, 0.2) is 12.2 Å². The minimum absolute atomic E-state index is 0.0640. The highest BCUT2D eigenvalue weighted by Crippen LogP contribution is 2.43. The van der Waals surface area contributed by atoms with E-state index in [1.54, 1.807) is 6.08 Å². The maximum atomic E-state index is 12.8. The minimum Gasteiger partial charge on any atom is -0.387 e. The number of aliphatic hydroxyl groups is 1. The molecule has 0 spiro atoms. The van der Waals surface area contributed by atoms with Crippen LogP contribution in [0.25, 0.3) is 0 Å². The van der Waals surface area contributed by atoms with E-state index >= 15 is 0 Å². The van der Waals surface area contributed by atoms with Gasteiger partial charge < -0.3 is 19.8 Å². The van der Waals surface area contributed by atoms with Gasteiger partial charge in [0.15, 0.2) is 0 Å². The predicted molar refractivity (Wildman–Crippen MR) is 208 cm³/mol. The normalized spacial score (nSPS) is 14.7. The van der Waals surface area contributed by atoms with Crippen molar-refractivity contribution in [3.8, 4) is 0 Å². The Morgan fingerprint density at radius 2 is 1.08 bits per heavy atom. The maximum Gasteiger partial charge on any atom is 0.472 e. The number of phosphoric acid groups is 1. The first-order valence-corrected chi connectivity index (χ1v) is 22.1. The second-order valence-electron chi connectivity index (χ2n) is 15.4. The molecule has 0 aromatic rings. The van der Waals surface area contributed by atoms with Gasteiger partial charge in [-0.2, -0.15) is 0 Å². The van der Waals surface area contributed by atoms with Gasteiger partial charge in [0.05, 0.1) is 39.9 Å². The second kappa shape index (κ2) is 33.1. The topological polar surface area (TPSA) is 105 Å². The maximum absolute atomic E-state index is 12.8. The third kappa shape index (κ3) is 35.4. The summed E-state index contributed by atoms with van der Waals surface area (Å²) in [6, 6.07) is -0.837. The molecular weight excluding hydrogens is 635 g/mol. The van der Waals surface area contributed by atoms with Crippen molar-refractivity contribution in [1.82, 2.24) is 5.32 Å². The summed E-state index contributed by atoms with van der Waals surface area (Å²) in [5.74, 6) is -0.177. The highest BCUT2D eigenvalue weighted by atomic mass is 31.2. The van der Waals surface area contributed by atoms with Gasteiger partial charge in [0.1, 0.15) is 13.2 Å². The van der Waals surface area contributed by atoms with Crippen LogP contribution < -0.4 is 5.32 Å². The summed E-state index contributed by atoms with van der Waals surface area (Å²) < 4.78 is 23.4. The number of hydrogen-bond donors (Lipinski definition) is 3. The summed E-state index contributed by atoms with van der Waals surface area (Å²) in [5.41, 5.74) is 0. The zero-order valence-electron chi connectivity index (χ0n) is 32.9. The number of amides is 1. The van der Waals surface area contributed by atoms with Gasteiger partial charge in [0.25, 0.3) is 0 Å². The molecule has 0 saturated carbocycles. The summed E-state index contributed by atoms with van der Waals surface area (Å²) in [4.78, 5) is 23.0. The van der Waals surface area contributed by atoms with E-state index in [4.69, 9.17) is 9.05 Å². The fourth-order valence-electron chi connectivity index (χ4n) is 5.92. The molecule has 3 N–H and O–H groups in total. The lowest BCUT2D eigenvalue weighted by atomic mass is 10.0. The number of unbranched alkanes of at least 4 members (excludes halogenated alkanes) is 24. The van der Waals surface area contributed by atoms with Crippen molar-refractivity contribution in [3.63, 3.8) is 0 Å². The van der Waals surface area contributed by atoms with Crippen LogP contribution in [0, 0.1) is 0 Å². The Bertz CT molecular complexity index is 819. The number of phosphoric ester groups is 1. The molecule has 0 aliphatic rings. The first-order chi connectivity index (χ1) is 23.5. The quantitative estimate of drug-likeness (QED) is 0.0256. The van der Waals surface area contributed by atoms with E-state index in [-0.39, 0.29) is 19.1 Å². The molecular formula is C40H82N2O6P+. The number of carbonyl (C=O) groups is 1. The first-order valence-electron chi connectivity index (χ1n) is 20.6. The van der Waals surface area contributed by atoms with Crippen LogP contribution in [0.5, 0.6) is 0 Å². The predicted octanol–water partition coefficient (Wildman–Crippen LogP) is 10.8. The van der Waals surface area contributed by atoms with E-state index in [2.05, 4.69) is 19.2 Å². The first kappa shape index (κ1) is 48.2. The van der Waals surface area contributed by atoms with Gasteiger partial charge in [0.2, 0.25) is 5.91 Å². The molecule has 0 aliphatic heterocycles. The molecule has 8 nitrogen and oxygen atoms in total. The van der Waals surface area contributed by atoms with Gasteiger partial charge in [-0.25, -0.2) is 4.57 Å². The minimum atomic E-state index is -4.32.